The zero-order valence-corrected chi connectivity index (χ0v) is 9.51. The van der Waals surface area contributed by atoms with E-state index in [1.165, 1.54) is 0 Å². The minimum atomic E-state index is -0.864. The number of benzene rings is 1. The Morgan fingerprint density at radius 3 is 2.40 bits per heavy atom. The highest BCUT2D eigenvalue weighted by Crippen LogP contribution is 2.21. The van der Waals surface area contributed by atoms with Crippen LogP contribution in [0.2, 0.25) is 5.02 Å². The van der Waals surface area contributed by atoms with Crippen molar-refractivity contribution < 1.29 is 9.90 Å². The van der Waals surface area contributed by atoms with Crippen molar-refractivity contribution in [2.24, 2.45) is 0 Å². The molecule has 0 saturated heterocycles. The van der Waals surface area contributed by atoms with Gasteiger partial charge in [0, 0.05) is 10.6 Å². The molecule has 15 heavy (non-hydrogen) atoms. The smallest absolute Gasteiger partial charge is 0.317 e. The molecule has 1 aromatic rings. The molecule has 0 amide bonds. The van der Waals surface area contributed by atoms with Gasteiger partial charge >= 0.3 is 5.97 Å². The van der Waals surface area contributed by atoms with Gasteiger partial charge < -0.3 is 5.11 Å². The van der Waals surface area contributed by atoms with E-state index in [0.717, 1.165) is 5.56 Å². The van der Waals surface area contributed by atoms with E-state index in [1.54, 1.807) is 12.1 Å². The van der Waals surface area contributed by atoms with Gasteiger partial charge in [0.15, 0.2) is 0 Å². The zero-order chi connectivity index (χ0) is 11.5. The highest BCUT2D eigenvalue weighted by molar-refractivity contribution is 6.30. The maximum atomic E-state index is 10.4. The molecule has 0 aliphatic rings. The second kappa shape index (κ2) is 4.64. The van der Waals surface area contributed by atoms with Crippen LogP contribution in [0.5, 0.6) is 0 Å². The molecule has 0 spiro atoms. The summed E-state index contributed by atoms with van der Waals surface area (Å²) in [4.78, 5) is 10.4. The molecule has 0 saturated carbocycles. The number of carboxylic acid groups (broad SMARTS) is 1. The number of carboxylic acids is 1. The van der Waals surface area contributed by atoms with E-state index in [2.05, 4.69) is 5.32 Å². The predicted molar refractivity (Wildman–Crippen MR) is 60.1 cm³/mol. The maximum absolute atomic E-state index is 10.4. The third-order valence-electron chi connectivity index (χ3n) is 2.25. The van der Waals surface area contributed by atoms with Crippen LogP contribution in [0.4, 0.5) is 0 Å². The van der Waals surface area contributed by atoms with Gasteiger partial charge in [-0.2, -0.15) is 0 Å². The van der Waals surface area contributed by atoms with E-state index in [9.17, 15) is 4.79 Å². The molecule has 4 heteroatoms. The predicted octanol–water partition coefficient (Wildman–Crippen LogP) is 2.25. The topological polar surface area (TPSA) is 49.3 Å². The van der Waals surface area contributed by atoms with Gasteiger partial charge in [-0.05, 0) is 31.5 Å². The fourth-order valence-corrected chi connectivity index (χ4v) is 1.39. The summed E-state index contributed by atoms with van der Waals surface area (Å²) in [7, 11) is 0. The van der Waals surface area contributed by atoms with Crippen LogP contribution in [0.3, 0.4) is 0 Å². The lowest BCUT2D eigenvalue weighted by molar-refractivity contribution is -0.136. The highest BCUT2D eigenvalue weighted by Gasteiger charge is 2.20. The third-order valence-corrected chi connectivity index (χ3v) is 2.50. The molecule has 0 aliphatic carbocycles. The van der Waals surface area contributed by atoms with Gasteiger partial charge in [-0.25, -0.2) is 0 Å². The van der Waals surface area contributed by atoms with Crippen LogP contribution < -0.4 is 5.32 Å². The van der Waals surface area contributed by atoms with Crippen molar-refractivity contribution in [3.8, 4) is 0 Å². The number of hydrogen-bond donors (Lipinski definition) is 2. The van der Waals surface area contributed by atoms with E-state index in [0.29, 0.717) is 5.02 Å². The average molecular weight is 228 g/mol. The molecule has 1 rings (SSSR count). The summed E-state index contributed by atoms with van der Waals surface area (Å²) in [6.07, 6.45) is 0. The molecular weight excluding hydrogens is 214 g/mol. The fraction of sp³-hybridized carbons (Fsp3) is 0.364. The Bertz CT molecular complexity index is 346. The molecule has 0 fully saturated rings. The summed E-state index contributed by atoms with van der Waals surface area (Å²) in [5.41, 5.74) is 0.636. The van der Waals surface area contributed by atoms with Gasteiger partial charge in [0.05, 0.1) is 6.54 Å². The Hall–Kier alpha value is -1.06. The summed E-state index contributed by atoms with van der Waals surface area (Å²) in [5, 5.41) is 12.2. The molecule has 2 N–H and O–H groups in total. The Balaban J connectivity index is 2.76. The van der Waals surface area contributed by atoms with Crippen LogP contribution in [-0.2, 0) is 10.3 Å². The maximum Gasteiger partial charge on any atom is 0.317 e. The van der Waals surface area contributed by atoms with Crippen LogP contribution in [0.25, 0.3) is 0 Å². The average Bonchev–Trinajstić information content (AvgIpc) is 2.16. The van der Waals surface area contributed by atoms with Crippen LogP contribution >= 0.6 is 11.6 Å². The number of aliphatic carboxylic acids is 1. The molecule has 0 unspecified atom stereocenters. The van der Waals surface area contributed by atoms with Gasteiger partial charge in [-0.3, -0.25) is 10.1 Å². The molecular formula is C11H14ClNO2. The molecule has 82 valence electrons. The summed E-state index contributed by atoms with van der Waals surface area (Å²) < 4.78 is 0. The van der Waals surface area contributed by atoms with E-state index in [-0.39, 0.29) is 12.1 Å². The molecule has 0 aromatic heterocycles. The summed E-state index contributed by atoms with van der Waals surface area (Å²) in [6.45, 7) is 3.80. The van der Waals surface area contributed by atoms with Gasteiger partial charge in [-0.1, -0.05) is 23.7 Å². The standard InChI is InChI=1S/C11H14ClNO2/c1-11(2,13-7-10(14)15)8-3-5-9(12)6-4-8/h3-6,13H,7H2,1-2H3,(H,14,15). The minimum absolute atomic E-state index is 0.0599. The van der Waals surface area contributed by atoms with Crippen LogP contribution in [0.15, 0.2) is 24.3 Å². The quantitative estimate of drug-likeness (QED) is 0.830. The Kier molecular flexibility index (Phi) is 3.72. The number of hydrogen-bond acceptors (Lipinski definition) is 2. The molecule has 0 heterocycles. The van der Waals surface area contributed by atoms with Gasteiger partial charge in [0.1, 0.15) is 0 Å². The van der Waals surface area contributed by atoms with E-state index in [4.69, 9.17) is 16.7 Å². The largest absolute Gasteiger partial charge is 0.480 e. The first-order valence-electron chi connectivity index (χ1n) is 4.65. The van der Waals surface area contributed by atoms with Crippen molar-refractivity contribution >= 4 is 17.6 Å². The Morgan fingerprint density at radius 1 is 1.40 bits per heavy atom. The van der Waals surface area contributed by atoms with Crippen LogP contribution in [0, 0.1) is 0 Å². The first kappa shape index (κ1) is 12.0. The fourth-order valence-electron chi connectivity index (χ4n) is 1.27. The number of rotatable bonds is 4. The number of halogens is 1. The normalized spacial score (nSPS) is 11.4. The Labute approximate surface area is 94.1 Å². The summed E-state index contributed by atoms with van der Waals surface area (Å²) >= 11 is 5.77. The first-order chi connectivity index (χ1) is 6.92. The van der Waals surface area contributed by atoms with E-state index < -0.39 is 5.97 Å². The van der Waals surface area contributed by atoms with Crippen LogP contribution in [0.1, 0.15) is 19.4 Å². The monoisotopic (exact) mass is 227 g/mol. The first-order valence-corrected chi connectivity index (χ1v) is 5.02. The highest BCUT2D eigenvalue weighted by atomic mass is 35.5. The summed E-state index contributed by atoms with van der Waals surface area (Å²) in [5.74, 6) is -0.864. The number of carbonyl (C=O) groups is 1. The third kappa shape index (κ3) is 3.53. The lowest BCUT2D eigenvalue weighted by Crippen LogP contribution is -2.39. The molecule has 3 nitrogen and oxygen atoms in total. The summed E-state index contributed by atoms with van der Waals surface area (Å²) in [6, 6.07) is 7.36. The molecule has 1 aromatic carbocycles. The number of nitrogens with one attached hydrogen (secondary N) is 1. The lowest BCUT2D eigenvalue weighted by atomic mass is 9.94. The lowest BCUT2D eigenvalue weighted by Gasteiger charge is -2.26. The van der Waals surface area contributed by atoms with E-state index in [1.807, 2.05) is 26.0 Å². The van der Waals surface area contributed by atoms with Gasteiger partial charge in [-0.15, -0.1) is 0 Å². The second-order valence-corrected chi connectivity index (χ2v) is 4.32. The van der Waals surface area contributed by atoms with Gasteiger partial charge in [0.2, 0.25) is 0 Å². The minimum Gasteiger partial charge on any atom is -0.480 e. The zero-order valence-electron chi connectivity index (χ0n) is 8.75. The Morgan fingerprint density at radius 2 is 1.93 bits per heavy atom. The van der Waals surface area contributed by atoms with E-state index >= 15 is 0 Å². The molecule has 0 bridgehead atoms. The van der Waals surface area contributed by atoms with Crippen molar-refractivity contribution in [2.75, 3.05) is 6.54 Å². The van der Waals surface area contributed by atoms with Crippen molar-refractivity contribution in [1.82, 2.24) is 5.32 Å². The SMILES string of the molecule is CC(C)(NCC(=O)O)c1ccc(Cl)cc1. The van der Waals surface area contributed by atoms with Crippen molar-refractivity contribution in [3.63, 3.8) is 0 Å². The molecule has 0 atom stereocenters. The van der Waals surface area contributed by atoms with Crippen LogP contribution in [-0.4, -0.2) is 17.6 Å². The second-order valence-electron chi connectivity index (χ2n) is 3.88. The van der Waals surface area contributed by atoms with Crippen molar-refractivity contribution in [2.45, 2.75) is 19.4 Å². The van der Waals surface area contributed by atoms with Crippen molar-refractivity contribution in [1.29, 1.82) is 0 Å². The van der Waals surface area contributed by atoms with Gasteiger partial charge in [0.25, 0.3) is 0 Å². The molecule has 0 radical (unpaired) electrons. The van der Waals surface area contributed by atoms with Crippen molar-refractivity contribution in [3.05, 3.63) is 34.9 Å². The molecule has 0 aliphatic heterocycles.